The molecule has 4 saturated heterocycles. The summed E-state index contributed by atoms with van der Waals surface area (Å²) in [6, 6.07) is 53.0. The van der Waals surface area contributed by atoms with Crippen molar-refractivity contribution in [3.05, 3.63) is 217 Å². The van der Waals surface area contributed by atoms with E-state index in [0.29, 0.717) is 88.8 Å². The van der Waals surface area contributed by atoms with Crippen LogP contribution in [0.3, 0.4) is 0 Å². The number of hydrogen-bond donors (Lipinski definition) is 2. The van der Waals surface area contributed by atoms with Gasteiger partial charge in [0.2, 0.25) is 0 Å². The Kier molecular flexibility index (Phi) is 39.7. The number of carbonyl (C=O) groups is 4. The van der Waals surface area contributed by atoms with Gasteiger partial charge < -0.3 is 58.2 Å². The molecule has 30 heteroatoms. The molecular formula is C93H118F10N4O12S4. The Morgan fingerprint density at radius 1 is 0.333 bits per heavy atom. The molecule has 0 aromatic heterocycles. The maximum Gasteiger partial charge on any atom is 0.416 e. The molecule has 8 atom stereocenters. The van der Waals surface area contributed by atoms with Gasteiger partial charge in [-0.3, -0.25) is 0 Å². The molecule has 4 fully saturated rings. The van der Waals surface area contributed by atoms with Gasteiger partial charge in [0.15, 0.2) is 0 Å². The molecule has 4 aliphatic rings. The van der Waals surface area contributed by atoms with Crippen LogP contribution >= 0.6 is 47.0 Å². The van der Waals surface area contributed by atoms with Crippen molar-refractivity contribution < 1.29 is 102 Å². The zero-order chi connectivity index (χ0) is 90.4. The van der Waals surface area contributed by atoms with E-state index >= 15 is 0 Å². The van der Waals surface area contributed by atoms with Crippen LogP contribution in [0.4, 0.5) is 63.1 Å². The normalized spacial score (nSPS) is 17.9. The molecule has 16 nitrogen and oxygen atoms in total. The minimum absolute atomic E-state index is 0.0659. The summed E-state index contributed by atoms with van der Waals surface area (Å²) >= 11 is 6.92. The number of halogens is 10. The van der Waals surface area contributed by atoms with E-state index in [0.717, 1.165) is 108 Å². The van der Waals surface area contributed by atoms with Crippen molar-refractivity contribution in [1.29, 1.82) is 0 Å². The zero-order valence-electron chi connectivity index (χ0n) is 71.9. The summed E-state index contributed by atoms with van der Waals surface area (Å²) in [5.41, 5.74) is -4.33. The van der Waals surface area contributed by atoms with E-state index in [9.17, 15) is 73.3 Å². The number of amides is 4. The van der Waals surface area contributed by atoms with Crippen LogP contribution in [0, 0.1) is 29.5 Å². The number of benzene rings is 7. The number of carbonyl (C=O) groups excluding carboxylic acids is 4. The highest BCUT2D eigenvalue weighted by Gasteiger charge is 2.40. The molecule has 0 radical (unpaired) electrons. The van der Waals surface area contributed by atoms with Gasteiger partial charge in [-0.15, -0.1) is 47.0 Å². The van der Waals surface area contributed by atoms with Crippen LogP contribution in [0.1, 0.15) is 151 Å². The SMILES string of the molecule is CC(C)(C)OC(=O)N1CC[C@H]([C@@H](CCSc2ccccc2)Oc2ccc(C(F)(F)F)cc2)C1.CC(C)(C)OC(=O)N1CC[C@H]([C@@H](CCSc2ccccc2)Oc2ccc(C(F)(F)F)cc2)C1.CC(C)(C)OC(=O)N1CC[C@H]([C@H](O)CCSc2ccccc2)C1.CC(C)(C)OC(=O)N1CC[C@H]([C@H](O)CCSc2ccccc2)C1.Fc1ccc(C(F)(F)F)cc1. The molecule has 7 aromatic carbocycles. The summed E-state index contributed by atoms with van der Waals surface area (Å²) in [5.74, 6) is 3.91. The number of rotatable bonds is 24. The number of likely N-dealkylation sites (tertiary alicyclic amines) is 4. The van der Waals surface area contributed by atoms with Crippen LogP contribution < -0.4 is 9.47 Å². The third-order valence-electron chi connectivity index (χ3n) is 19.4. The highest BCUT2D eigenvalue weighted by Crippen LogP contribution is 2.38. The molecule has 2 N–H and O–H groups in total. The van der Waals surface area contributed by atoms with Crippen LogP contribution in [-0.4, -0.2) is 176 Å². The van der Waals surface area contributed by atoms with Gasteiger partial charge in [-0.25, -0.2) is 23.6 Å². The molecule has 0 bridgehead atoms. The van der Waals surface area contributed by atoms with Crippen molar-refractivity contribution in [2.75, 3.05) is 75.4 Å². The second kappa shape index (κ2) is 48.0. The summed E-state index contributed by atoms with van der Waals surface area (Å²) in [7, 11) is 0. The maximum atomic E-state index is 12.9. The van der Waals surface area contributed by atoms with Gasteiger partial charge >= 0.3 is 42.9 Å². The fourth-order valence-corrected chi connectivity index (χ4v) is 17.0. The number of nitrogens with zero attached hydrogens (tertiary/aromatic N) is 4. The monoisotopic (exact) mass is 1800 g/mol. The lowest BCUT2D eigenvalue weighted by atomic mass is 9.99. The highest BCUT2D eigenvalue weighted by molar-refractivity contribution is 8.00. The second-order valence-electron chi connectivity index (χ2n) is 34.2. The quantitative estimate of drug-likeness (QED) is 0.0331. The first-order valence-corrected chi connectivity index (χ1v) is 45.2. The number of aliphatic hydroxyl groups excluding tert-OH is 2. The van der Waals surface area contributed by atoms with Crippen LogP contribution in [0.25, 0.3) is 0 Å². The first kappa shape index (κ1) is 102. The third kappa shape index (κ3) is 38.7. The number of ether oxygens (including phenoxy) is 6. The number of hydrogen-bond acceptors (Lipinski definition) is 16. The molecule has 0 aliphatic carbocycles. The molecule has 11 rings (SSSR count). The van der Waals surface area contributed by atoms with E-state index < -0.39 is 63.4 Å². The Bertz CT molecular complexity index is 4020. The van der Waals surface area contributed by atoms with Gasteiger partial charge in [0.05, 0.1) is 28.9 Å². The molecule has 4 aliphatic heterocycles. The van der Waals surface area contributed by atoms with Gasteiger partial charge in [0, 0.05) is 119 Å². The van der Waals surface area contributed by atoms with Gasteiger partial charge in [-0.1, -0.05) is 72.8 Å². The topological polar surface area (TPSA) is 177 Å². The zero-order valence-corrected chi connectivity index (χ0v) is 75.2. The van der Waals surface area contributed by atoms with Crippen molar-refractivity contribution in [3.8, 4) is 11.5 Å². The molecule has 7 aromatic rings. The van der Waals surface area contributed by atoms with E-state index in [1.165, 1.54) is 34.1 Å². The minimum Gasteiger partial charge on any atom is -0.490 e. The molecule has 0 saturated carbocycles. The van der Waals surface area contributed by atoms with Gasteiger partial charge in [-0.05, 0) is 256 Å². The lowest BCUT2D eigenvalue weighted by Crippen LogP contribution is -2.37. The molecular weight excluding hydrogens is 1680 g/mol. The first-order chi connectivity index (χ1) is 57.7. The molecule has 4 heterocycles. The highest BCUT2D eigenvalue weighted by atomic mass is 32.2. The van der Waals surface area contributed by atoms with Gasteiger partial charge in [0.25, 0.3) is 0 Å². The Hall–Kier alpha value is -8.16. The predicted molar refractivity (Wildman–Crippen MR) is 466 cm³/mol. The molecule has 676 valence electrons. The lowest BCUT2D eigenvalue weighted by molar-refractivity contribution is -0.138. The van der Waals surface area contributed by atoms with Crippen LogP contribution in [0.2, 0.25) is 0 Å². The van der Waals surface area contributed by atoms with E-state index in [4.69, 9.17) is 28.4 Å². The summed E-state index contributed by atoms with van der Waals surface area (Å²) in [4.78, 5) is 60.6. The van der Waals surface area contributed by atoms with Crippen molar-refractivity contribution in [2.24, 2.45) is 23.7 Å². The summed E-state index contributed by atoms with van der Waals surface area (Å²) in [6.45, 7) is 26.8. The maximum absolute atomic E-state index is 12.9. The fraction of sp³-hybridized carbons (Fsp3) is 0.505. The van der Waals surface area contributed by atoms with E-state index in [-0.39, 0.29) is 72.5 Å². The third-order valence-corrected chi connectivity index (χ3v) is 23.6. The van der Waals surface area contributed by atoms with Crippen LogP contribution in [0.15, 0.2) is 214 Å². The number of alkyl halides is 9. The Balaban J connectivity index is 0.000000219. The van der Waals surface area contributed by atoms with Crippen molar-refractivity contribution in [2.45, 2.75) is 219 Å². The van der Waals surface area contributed by atoms with Gasteiger partial charge in [0.1, 0.15) is 51.9 Å². The molecule has 123 heavy (non-hydrogen) atoms. The number of aliphatic hydroxyl groups is 2. The Morgan fingerprint density at radius 3 is 0.789 bits per heavy atom. The van der Waals surface area contributed by atoms with E-state index in [1.807, 2.05) is 180 Å². The van der Waals surface area contributed by atoms with Crippen molar-refractivity contribution >= 4 is 71.4 Å². The van der Waals surface area contributed by atoms with Crippen molar-refractivity contribution in [1.82, 2.24) is 19.6 Å². The Morgan fingerprint density at radius 2 is 0.553 bits per heavy atom. The largest absolute Gasteiger partial charge is 0.490 e. The molecule has 4 amide bonds. The van der Waals surface area contributed by atoms with E-state index in [1.54, 1.807) is 66.6 Å². The first-order valence-electron chi connectivity index (χ1n) is 41.2. The Labute approximate surface area is 734 Å². The standard InChI is InChI=1S/2C25H30F3NO3S.2C18H27NO3S.C7H4F4/c2*1-24(2,3)32-23(30)29-15-13-18(17-29)22(14-16-33-21-7-5-4-6-8-21)31-20-11-9-19(10-12-20)25(26,27)28;2*1-18(2,3)22-17(21)19-11-9-14(13-19)16(20)10-12-23-15-7-5-4-6-8-15;8-6-3-1-5(2-4-6)7(9,10)11/h2*4-12,18,22H,13-17H2,1-3H3;2*4-8,14,16,20H,9-13H2,1-3H3;1-4H/t2*18-,22+;2*14-,16+;/m0000./s1. The van der Waals surface area contributed by atoms with Crippen LogP contribution in [-0.2, 0) is 37.5 Å². The average molecular weight is 1800 g/mol. The average Bonchev–Trinajstić information content (AvgIpc) is 1.73. The smallest absolute Gasteiger partial charge is 0.416 e. The summed E-state index contributed by atoms with van der Waals surface area (Å²) in [5, 5.41) is 20.7. The van der Waals surface area contributed by atoms with Crippen LogP contribution in [0.5, 0.6) is 11.5 Å². The fourth-order valence-electron chi connectivity index (χ4n) is 13.3. The van der Waals surface area contributed by atoms with Crippen molar-refractivity contribution in [3.63, 3.8) is 0 Å². The number of thioether (sulfide) groups is 4. The lowest BCUT2D eigenvalue weighted by Gasteiger charge is -2.27. The summed E-state index contributed by atoms with van der Waals surface area (Å²) in [6.07, 6.45) is -9.51. The van der Waals surface area contributed by atoms with Gasteiger partial charge in [-0.2, -0.15) is 39.5 Å². The predicted octanol–water partition coefficient (Wildman–Crippen LogP) is 24.2. The molecule has 0 unspecified atom stereocenters. The summed E-state index contributed by atoms with van der Waals surface area (Å²) < 4.78 is 159. The molecule has 0 spiro atoms. The second-order valence-corrected chi connectivity index (χ2v) is 38.9. The van der Waals surface area contributed by atoms with E-state index in [2.05, 4.69) is 24.3 Å². The minimum atomic E-state index is -4.39.